The van der Waals surface area contributed by atoms with Gasteiger partial charge >= 0.3 is 0 Å². The summed E-state index contributed by atoms with van der Waals surface area (Å²) < 4.78 is 1.82. The predicted octanol–water partition coefficient (Wildman–Crippen LogP) is 1.67. The molecular weight excluding hydrogens is 254 g/mol. The molecule has 3 rings (SSSR count). The molecule has 1 aliphatic rings. The van der Waals surface area contributed by atoms with E-state index in [0.717, 1.165) is 33.7 Å². The second kappa shape index (κ2) is 4.59. The van der Waals surface area contributed by atoms with Gasteiger partial charge in [-0.25, -0.2) is 0 Å². The summed E-state index contributed by atoms with van der Waals surface area (Å²) in [6.07, 6.45) is 0.828. The molecule has 0 radical (unpaired) electrons. The van der Waals surface area contributed by atoms with E-state index in [1.165, 1.54) is 0 Å². The molecule has 7 heteroatoms. The maximum absolute atomic E-state index is 5.56. The standard InChI is InChI=1S/C10H11N5S2/c11-4-3-7-6-17-10-13-12-9(15(10)14-7)8-2-1-5-16-8/h1-2,5H,3-4,6,11H2. The number of hydrogen-bond donors (Lipinski definition) is 1. The third-order valence-electron chi connectivity index (χ3n) is 2.40. The van der Waals surface area contributed by atoms with Crippen molar-refractivity contribution in [3.63, 3.8) is 0 Å². The fourth-order valence-corrected chi connectivity index (χ4v) is 3.15. The molecule has 2 aromatic rings. The average Bonchev–Trinajstić information content (AvgIpc) is 2.96. The summed E-state index contributed by atoms with van der Waals surface area (Å²) in [6.45, 7) is 0.630. The van der Waals surface area contributed by atoms with Gasteiger partial charge in [-0.1, -0.05) is 17.8 Å². The average molecular weight is 265 g/mol. The largest absolute Gasteiger partial charge is 0.330 e. The van der Waals surface area contributed by atoms with Crippen molar-refractivity contribution in [1.29, 1.82) is 0 Å². The van der Waals surface area contributed by atoms with E-state index in [4.69, 9.17) is 5.73 Å². The lowest BCUT2D eigenvalue weighted by Gasteiger charge is -2.12. The Bertz CT molecular complexity index is 543. The topological polar surface area (TPSA) is 69.1 Å². The van der Waals surface area contributed by atoms with Crippen LogP contribution in [0.25, 0.3) is 10.7 Å². The fraction of sp³-hybridized carbons (Fsp3) is 0.300. The van der Waals surface area contributed by atoms with Crippen molar-refractivity contribution in [3.05, 3.63) is 17.5 Å². The summed E-state index contributed by atoms with van der Waals surface area (Å²) in [5, 5.41) is 15.8. The van der Waals surface area contributed by atoms with Crippen molar-refractivity contribution in [2.24, 2.45) is 10.8 Å². The van der Waals surface area contributed by atoms with E-state index in [-0.39, 0.29) is 0 Å². The molecule has 3 heterocycles. The van der Waals surface area contributed by atoms with Crippen LogP contribution in [0.4, 0.5) is 0 Å². The second-order valence-corrected chi connectivity index (χ2v) is 5.48. The van der Waals surface area contributed by atoms with E-state index in [2.05, 4.69) is 15.3 Å². The Morgan fingerprint density at radius 1 is 1.41 bits per heavy atom. The quantitative estimate of drug-likeness (QED) is 0.916. The first-order chi connectivity index (χ1) is 8.38. The molecular formula is C10H11N5S2. The summed E-state index contributed by atoms with van der Waals surface area (Å²) in [5.41, 5.74) is 6.66. The monoisotopic (exact) mass is 265 g/mol. The van der Waals surface area contributed by atoms with Crippen LogP contribution in [0.1, 0.15) is 6.42 Å². The van der Waals surface area contributed by atoms with Crippen LogP contribution in [0.5, 0.6) is 0 Å². The van der Waals surface area contributed by atoms with E-state index >= 15 is 0 Å². The van der Waals surface area contributed by atoms with E-state index in [1.54, 1.807) is 23.1 Å². The number of thioether (sulfide) groups is 1. The Kier molecular flexibility index (Phi) is 2.96. The third-order valence-corrected chi connectivity index (χ3v) is 4.25. The molecule has 0 saturated heterocycles. The molecule has 0 amide bonds. The van der Waals surface area contributed by atoms with Gasteiger partial charge in [0.05, 0.1) is 10.6 Å². The smallest absolute Gasteiger partial charge is 0.212 e. The van der Waals surface area contributed by atoms with Crippen molar-refractivity contribution in [2.45, 2.75) is 11.6 Å². The zero-order chi connectivity index (χ0) is 11.7. The summed E-state index contributed by atoms with van der Waals surface area (Å²) in [5.74, 6) is 1.68. The number of fused-ring (bicyclic) bond motifs is 1. The molecule has 2 aromatic heterocycles. The molecule has 0 saturated carbocycles. The first-order valence-corrected chi connectivity index (χ1v) is 7.14. The minimum Gasteiger partial charge on any atom is -0.330 e. The predicted molar refractivity (Wildman–Crippen MR) is 70.6 cm³/mol. The molecule has 0 fully saturated rings. The van der Waals surface area contributed by atoms with Gasteiger partial charge in [0.2, 0.25) is 5.16 Å². The Morgan fingerprint density at radius 2 is 2.35 bits per heavy atom. The molecule has 0 unspecified atom stereocenters. The Morgan fingerprint density at radius 3 is 3.12 bits per heavy atom. The number of nitrogens with zero attached hydrogens (tertiary/aromatic N) is 4. The van der Waals surface area contributed by atoms with Crippen LogP contribution in [-0.4, -0.2) is 32.9 Å². The molecule has 0 atom stereocenters. The molecule has 2 N–H and O–H groups in total. The third kappa shape index (κ3) is 2.01. The molecule has 0 aromatic carbocycles. The summed E-state index contributed by atoms with van der Waals surface area (Å²) in [6, 6.07) is 4.03. The van der Waals surface area contributed by atoms with E-state index in [0.29, 0.717) is 6.54 Å². The normalized spacial score (nSPS) is 14.5. The van der Waals surface area contributed by atoms with Crippen LogP contribution in [0.2, 0.25) is 0 Å². The van der Waals surface area contributed by atoms with Crippen molar-refractivity contribution in [3.8, 4) is 10.7 Å². The van der Waals surface area contributed by atoms with Crippen LogP contribution >= 0.6 is 23.1 Å². The molecule has 88 valence electrons. The van der Waals surface area contributed by atoms with Crippen molar-refractivity contribution >= 4 is 28.8 Å². The number of rotatable bonds is 3. The van der Waals surface area contributed by atoms with Gasteiger partial charge in [0.15, 0.2) is 5.82 Å². The summed E-state index contributed by atoms with van der Waals surface area (Å²) >= 11 is 3.30. The van der Waals surface area contributed by atoms with Gasteiger partial charge < -0.3 is 5.73 Å². The van der Waals surface area contributed by atoms with Gasteiger partial charge in [0.25, 0.3) is 0 Å². The van der Waals surface area contributed by atoms with Gasteiger partial charge in [0, 0.05) is 12.2 Å². The zero-order valence-electron chi connectivity index (χ0n) is 9.04. The summed E-state index contributed by atoms with van der Waals surface area (Å²) in [7, 11) is 0. The van der Waals surface area contributed by atoms with Crippen LogP contribution in [0.15, 0.2) is 27.8 Å². The molecule has 17 heavy (non-hydrogen) atoms. The zero-order valence-corrected chi connectivity index (χ0v) is 10.7. The maximum Gasteiger partial charge on any atom is 0.212 e. The molecule has 0 bridgehead atoms. The lowest BCUT2D eigenvalue weighted by Crippen LogP contribution is -2.16. The van der Waals surface area contributed by atoms with Crippen molar-refractivity contribution in [2.75, 3.05) is 12.3 Å². The van der Waals surface area contributed by atoms with Gasteiger partial charge in [0.1, 0.15) is 0 Å². The Hall–Kier alpha value is -1.18. The fourth-order valence-electron chi connectivity index (χ4n) is 1.61. The number of nitrogens with two attached hydrogens (primary N) is 1. The molecule has 1 aliphatic heterocycles. The number of thiophene rings is 1. The lowest BCUT2D eigenvalue weighted by atomic mass is 10.3. The van der Waals surface area contributed by atoms with Gasteiger partial charge in [-0.15, -0.1) is 21.5 Å². The summed E-state index contributed by atoms with van der Waals surface area (Å²) in [4.78, 5) is 1.09. The maximum atomic E-state index is 5.56. The van der Waals surface area contributed by atoms with Crippen LogP contribution in [0, 0.1) is 0 Å². The highest BCUT2D eigenvalue weighted by Crippen LogP contribution is 2.29. The first kappa shape index (κ1) is 10.9. The van der Waals surface area contributed by atoms with Crippen LogP contribution < -0.4 is 5.73 Å². The van der Waals surface area contributed by atoms with E-state index in [9.17, 15) is 0 Å². The highest BCUT2D eigenvalue weighted by Gasteiger charge is 2.19. The molecule has 5 nitrogen and oxygen atoms in total. The minimum absolute atomic E-state index is 0.630. The second-order valence-electron chi connectivity index (χ2n) is 3.59. The van der Waals surface area contributed by atoms with E-state index < -0.39 is 0 Å². The number of aromatic nitrogens is 3. The lowest BCUT2D eigenvalue weighted by molar-refractivity contribution is 0.756. The van der Waals surface area contributed by atoms with Gasteiger partial charge in [-0.05, 0) is 18.0 Å². The van der Waals surface area contributed by atoms with E-state index in [1.807, 2.05) is 22.2 Å². The van der Waals surface area contributed by atoms with Crippen LogP contribution in [-0.2, 0) is 0 Å². The number of hydrogen-bond acceptors (Lipinski definition) is 6. The first-order valence-electron chi connectivity index (χ1n) is 5.27. The minimum atomic E-state index is 0.630. The highest BCUT2D eigenvalue weighted by atomic mass is 32.2. The highest BCUT2D eigenvalue weighted by molar-refractivity contribution is 7.99. The van der Waals surface area contributed by atoms with Crippen LogP contribution in [0.3, 0.4) is 0 Å². The SMILES string of the molecule is NCCC1=Nn2c(nnc2-c2cccs2)SC1. The molecule has 0 spiro atoms. The Labute approximate surface area is 107 Å². The van der Waals surface area contributed by atoms with Crippen molar-refractivity contribution < 1.29 is 0 Å². The van der Waals surface area contributed by atoms with Gasteiger partial charge in [-0.3, -0.25) is 0 Å². The van der Waals surface area contributed by atoms with Gasteiger partial charge in [-0.2, -0.15) is 9.78 Å². The van der Waals surface area contributed by atoms with Crippen molar-refractivity contribution in [1.82, 2.24) is 14.9 Å². The molecule has 0 aliphatic carbocycles. The Balaban J connectivity index is 2.03.